The van der Waals surface area contributed by atoms with Crippen LogP contribution in [-0.4, -0.2) is 80.0 Å². The van der Waals surface area contributed by atoms with E-state index in [1.165, 1.54) is 36.4 Å². The van der Waals surface area contributed by atoms with Gasteiger partial charge in [0, 0.05) is 18.3 Å². The van der Waals surface area contributed by atoms with Crippen molar-refractivity contribution in [1.29, 1.82) is 0 Å². The van der Waals surface area contributed by atoms with Crippen LogP contribution in [0.25, 0.3) is 0 Å². The van der Waals surface area contributed by atoms with Gasteiger partial charge in [0.1, 0.15) is 23.9 Å². The average molecular weight is 563 g/mol. The number of nitrogens with zero attached hydrogens (tertiary/aromatic N) is 1. The molecule has 5 atom stereocenters. The van der Waals surface area contributed by atoms with Crippen molar-refractivity contribution in [3.63, 3.8) is 0 Å². The Balaban J connectivity index is 2.18. The van der Waals surface area contributed by atoms with E-state index in [4.69, 9.17) is 5.73 Å². The van der Waals surface area contributed by atoms with Gasteiger partial charge in [-0.05, 0) is 48.5 Å². The lowest BCUT2D eigenvalue weighted by Gasteiger charge is -2.28. The van der Waals surface area contributed by atoms with Crippen LogP contribution in [0.1, 0.15) is 37.9 Å². The van der Waals surface area contributed by atoms with Crippen molar-refractivity contribution in [3.05, 3.63) is 48.0 Å². The topological polar surface area (TPSA) is 200 Å². The van der Waals surface area contributed by atoms with Crippen LogP contribution >= 0.6 is 11.8 Å². The van der Waals surface area contributed by atoms with Gasteiger partial charge in [0.15, 0.2) is 0 Å². The van der Waals surface area contributed by atoms with Crippen molar-refractivity contribution in [1.82, 2.24) is 25.9 Å². The minimum atomic E-state index is -1.15. The van der Waals surface area contributed by atoms with E-state index in [1.807, 2.05) is 13.2 Å². The van der Waals surface area contributed by atoms with Crippen molar-refractivity contribution in [2.75, 3.05) is 12.0 Å². The fourth-order valence-corrected chi connectivity index (χ4v) is 4.26. The van der Waals surface area contributed by atoms with Crippen LogP contribution in [0.5, 0.6) is 5.75 Å². The summed E-state index contributed by atoms with van der Waals surface area (Å²) in [6.45, 7) is 3.63. The summed E-state index contributed by atoms with van der Waals surface area (Å²) in [4.78, 5) is 58.0. The molecule has 0 spiro atoms. The zero-order chi connectivity index (χ0) is 28.9. The molecule has 39 heavy (non-hydrogen) atoms. The summed E-state index contributed by atoms with van der Waals surface area (Å²) in [5, 5.41) is 26.9. The number of carbonyl (C=O) groups excluding carboxylic acids is 3. The van der Waals surface area contributed by atoms with Crippen molar-refractivity contribution in [3.8, 4) is 5.75 Å². The first-order valence-electron chi connectivity index (χ1n) is 12.7. The summed E-state index contributed by atoms with van der Waals surface area (Å²) in [5.74, 6) is -2.64. The van der Waals surface area contributed by atoms with Gasteiger partial charge in [0.05, 0.1) is 12.4 Å². The molecule has 0 bridgehead atoms. The molecular formula is C26H38N6O6S. The Morgan fingerprint density at radius 3 is 2.26 bits per heavy atom. The Kier molecular flexibility index (Phi) is 12.8. The summed E-state index contributed by atoms with van der Waals surface area (Å²) >= 11 is 1.46. The quantitative estimate of drug-likeness (QED) is 0.153. The molecule has 1 aromatic heterocycles. The normalized spacial score (nSPS) is 14.9. The average Bonchev–Trinajstić information content (AvgIpc) is 3.42. The van der Waals surface area contributed by atoms with Crippen LogP contribution in [0, 0.1) is 5.92 Å². The van der Waals surface area contributed by atoms with Crippen LogP contribution in [0.2, 0.25) is 0 Å². The fourth-order valence-electron chi connectivity index (χ4n) is 3.79. The number of nitrogens with two attached hydrogens (primary N) is 1. The minimum absolute atomic E-state index is 0.0593. The third kappa shape index (κ3) is 10.2. The van der Waals surface area contributed by atoms with Gasteiger partial charge in [-0.3, -0.25) is 14.4 Å². The molecular weight excluding hydrogens is 524 g/mol. The molecule has 2 rings (SSSR count). The molecule has 0 aliphatic rings. The first-order valence-corrected chi connectivity index (χ1v) is 14.1. The number of phenolic OH excluding ortho intramolecular Hbond substituents is 1. The number of carboxylic acids is 1. The predicted molar refractivity (Wildman–Crippen MR) is 148 cm³/mol. The highest BCUT2D eigenvalue weighted by atomic mass is 32.2. The summed E-state index contributed by atoms with van der Waals surface area (Å²) in [5.41, 5.74) is 7.41. The summed E-state index contributed by atoms with van der Waals surface area (Å²) in [6.07, 6.45) is 5.81. The van der Waals surface area contributed by atoms with Crippen molar-refractivity contribution in [2.45, 2.75) is 63.7 Å². The smallest absolute Gasteiger partial charge is 0.326 e. The lowest BCUT2D eigenvalue weighted by molar-refractivity contribution is -0.142. The molecule has 3 amide bonds. The molecule has 5 unspecified atom stereocenters. The third-order valence-electron chi connectivity index (χ3n) is 6.36. The Bertz CT molecular complexity index is 1080. The number of rotatable bonds is 16. The van der Waals surface area contributed by atoms with Gasteiger partial charge < -0.3 is 36.9 Å². The first-order chi connectivity index (χ1) is 18.5. The molecule has 13 heteroatoms. The number of thioether (sulfide) groups is 1. The molecule has 0 saturated heterocycles. The maximum atomic E-state index is 13.4. The molecule has 1 heterocycles. The van der Waals surface area contributed by atoms with Gasteiger partial charge in [-0.1, -0.05) is 32.4 Å². The molecule has 214 valence electrons. The van der Waals surface area contributed by atoms with Crippen molar-refractivity contribution >= 4 is 35.5 Å². The van der Waals surface area contributed by atoms with Gasteiger partial charge in [-0.2, -0.15) is 11.8 Å². The summed E-state index contributed by atoms with van der Waals surface area (Å²) < 4.78 is 0. The fraction of sp³-hybridized carbons (Fsp3) is 0.500. The Morgan fingerprint density at radius 1 is 1.03 bits per heavy atom. The van der Waals surface area contributed by atoms with Crippen molar-refractivity contribution < 1.29 is 29.4 Å². The van der Waals surface area contributed by atoms with E-state index in [2.05, 4.69) is 25.9 Å². The molecule has 0 aliphatic heterocycles. The number of phenols is 1. The second-order valence-corrected chi connectivity index (χ2v) is 10.4. The molecule has 12 nitrogen and oxygen atoms in total. The number of nitrogens with one attached hydrogen (secondary N) is 4. The number of benzene rings is 1. The Morgan fingerprint density at radius 2 is 1.69 bits per heavy atom. The van der Waals surface area contributed by atoms with Crippen molar-refractivity contribution in [2.24, 2.45) is 11.7 Å². The van der Waals surface area contributed by atoms with E-state index >= 15 is 0 Å². The highest BCUT2D eigenvalue weighted by molar-refractivity contribution is 7.98. The molecule has 2 aromatic rings. The zero-order valence-corrected chi connectivity index (χ0v) is 23.2. The zero-order valence-electron chi connectivity index (χ0n) is 22.3. The molecule has 0 saturated carbocycles. The van der Waals surface area contributed by atoms with Gasteiger partial charge >= 0.3 is 5.97 Å². The summed E-state index contributed by atoms with van der Waals surface area (Å²) in [7, 11) is 0. The van der Waals surface area contributed by atoms with Gasteiger partial charge in [-0.25, -0.2) is 9.78 Å². The number of amides is 3. The number of aromatic amines is 1. The minimum Gasteiger partial charge on any atom is -0.508 e. The first kappa shape index (κ1) is 31.6. The molecule has 0 aliphatic carbocycles. The number of carbonyl (C=O) groups is 4. The van der Waals surface area contributed by atoms with E-state index in [1.54, 1.807) is 19.1 Å². The number of hydrogen-bond acceptors (Lipinski definition) is 8. The van der Waals surface area contributed by atoms with Gasteiger partial charge in [-0.15, -0.1) is 0 Å². The largest absolute Gasteiger partial charge is 0.508 e. The van der Waals surface area contributed by atoms with E-state index in [0.29, 0.717) is 17.9 Å². The lowest BCUT2D eigenvalue weighted by Crippen LogP contribution is -2.59. The van der Waals surface area contributed by atoms with E-state index in [0.717, 1.165) is 5.56 Å². The molecule has 1 aromatic carbocycles. The molecule has 8 N–H and O–H groups in total. The molecule has 0 radical (unpaired) electrons. The van der Waals surface area contributed by atoms with E-state index in [-0.39, 0.29) is 30.9 Å². The van der Waals surface area contributed by atoms with Crippen LogP contribution in [0.4, 0.5) is 0 Å². The standard InChI is InChI=1S/C26H38N6O6S/c1-4-15(2)22(25(36)30-20(26(37)38)9-10-39-3)32-24(35)21(12-17-13-28-14-29-17)31-23(34)19(27)11-16-5-7-18(33)8-6-16/h5-8,13-15,19-22,33H,4,9-12,27H2,1-3H3,(H,28,29)(H,30,36)(H,31,34)(H,32,35)(H,37,38). The lowest BCUT2D eigenvalue weighted by atomic mass is 9.97. The predicted octanol–water partition coefficient (Wildman–Crippen LogP) is 0.566. The Labute approximate surface area is 231 Å². The number of hydrogen-bond donors (Lipinski definition) is 7. The second-order valence-electron chi connectivity index (χ2n) is 9.37. The van der Waals surface area contributed by atoms with Gasteiger partial charge in [0.2, 0.25) is 17.7 Å². The monoisotopic (exact) mass is 562 g/mol. The highest BCUT2D eigenvalue weighted by Crippen LogP contribution is 2.13. The number of aromatic nitrogens is 2. The van der Waals surface area contributed by atoms with E-state index < -0.39 is 47.9 Å². The van der Waals surface area contributed by atoms with Crippen LogP contribution in [0.15, 0.2) is 36.8 Å². The van der Waals surface area contributed by atoms with Crippen LogP contribution in [-0.2, 0) is 32.0 Å². The molecule has 0 fully saturated rings. The third-order valence-corrected chi connectivity index (χ3v) is 7.00. The van der Waals surface area contributed by atoms with Gasteiger partial charge in [0.25, 0.3) is 0 Å². The highest BCUT2D eigenvalue weighted by Gasteiger charge is 2.33. The maximum absolute atomic E-state index is 13.4. The maximum Gasteiger partial charge on any atom is 0.326 e. The number of imidazole rings is 1. The SMILES string of the molecule is CCC(C)C(NC(=O)C(Cc1cnc[nH]1)NC(=O)C(N)Cc1ccc(O)cc1)C(=O)NC(CCSC)C(=O)O. The second kappa shape index (κ2) is 15.7. The number of H-pyrrole nitrogens is 1. The van der Waals surface area contributed by atoms with E-state index in [9.17, 15) is 29.4 Å². The Hall–Kier alpha value is -3.58. The summed E-state index contributed by atoms with van der Waals surface area (Å²) in [6, 6.07) is 2.10. The number of carboxylic acid groups (broad SMARTS) is 1. The number of aliphatic carboxylic acids is 1. The number of aromatic hydroxyl groups is 1. The van der Waals surface area contributed by atoms with Crippen LogP contribution in [0.3, 0.4) is 0 Å². The van der Waals surface area contributed by atoms with Crippen LogP contribution < -0.4 is 21.7 Å².